The van der Waals surface area contributed by atoms with Crippen LogP contribution in [0.1, 0.15) is 130 Å². The van der Waals surface area contributed by atoms with Crippen LogP contribution in [0.5, 0.6) is 0 Å². The summed E-state index contributed by atoms with van der Waals surface area (Å²) in [7, 11) is 3.64. The van der Waals surface area contributed by atoms with Crippen molar-refractivity contribution in [1.82, 2.24) is 9.55 Å². The Labute approximate surface area is 330 Å². The summed E-state index contributed by atoms with van der Waals surface area (Å²) in [6, 6.07) is 0.204. The summed E-state index contributed by atoms with van der Waals surface area (Å²) in [5.74, 6) is 0.393. The Hall–Kier alpha value is -1.14. The van der Waals surface area contributed by atoms with Gasteiger partial charge < -0.3 is 30.1 Å². The molecule has 0 aromatic carbocycles. The number of hydrogen-bond donors (Lipinski definition) is 5. The number of allylic oxidation sites excluding steroid dienone is 2. The number of carbonyl (C=O) groups excluding carboxylic acids is 1. The Morgan fingerprint density at radius 2 is 1.67 bits per heavy atom. The van der Waals surface area contributed by atoms with E-state index >= 15 is 0 Å². The first-order chi connectivity index (χ1) is 25.7. The number of nitrogens with zero attached hydrogens (tertiary/aromatic N) is 2. The zero-order valence-electron chi connectivity index (χ0n) is 33.1. The number of rotatable bonds is 2. The average molecular weight is 783 g/mol. The van der Waals surface area contributed by atoms with Crippen molar-refractivity contribution >= 4 is 27.4 Å². The van der Waals surface area contributed by atoms with Gasteiger partial charge in [-0.15, -0.1) is 0 Å². The van der Waals surface area contributed by atoms with E-state index in [-0.39, 0.29) is 53.9 Å². The van der Waals surface area contributed by atoms with E-state index in [1.165, 1.54) is 44.1 Å². The first-order valence-corrected chi connectivity index (χ1v) is 23.7. The first kappa shape index (κ1) is 39.7. The third-order valence-electron chi connectivity index (χ3n) is 17.0. The molecule has 1 spiro atoms. The van der Waals surface area contributed by atoms with E-state index in [0.29, 0.717) is 43.3 Å². The lowest BCUT2D eigenvalue weighted by atomic mass is 9.45. The number of fused-ring (bicyclic) bond motifs is 9. The molecule has 0 unspecified atom stereocenters. The maximum atomic E-state index is 14.1. The van der Waals surface area contributed by atoms with Crippen LogP contribution >= 0.6 is 21.6 Å². The Kier molecular flexibility index (Phi) is 10.7. The highest BCUT2D eigenvalue weighted by molar-refractivity contribution is 8.76. The molecule has 2 bridgehead atoms. The average Bonchev–Trinajstić information content (AvgIpc) is 3.89. The summed E-state index contributed by atoms with van der Waals surface area (Å²) in [6.07, 6.45) is 19.2. The van der Waals surface area contributed by atoms with Gasteiger partial charge in [-0.1, -0.05) is 73.3 Å². The van der Waals surface area contributed by atoms with Crippen LogP contribution in [0, 0.1) is 51.2 Å². The molecular formula is C44H66N2O6S2. The lowest BCUT2D eigenvalue weighted by Crippen LogP contribution is -2.64. The minimum atomic E-state index is -1.43. The third-order valence-corrected chi connectivity index (χ3v) is 19.6. The van der Waals surface area contributed by atoms with Crippen molar-refractivity contribution in [1.29, 1.82) is 0 Å². The number of aliphatic hydroxyl groups excluding tert-OH is 4. The molecule has 0 radical (unpaired) electrons. The van der Waals surface area contributed by atoms with Crippen molar-refractivity contribution in [3.05, 3.63) is 41.5 Å². The second kappa shape index (κ2) is 14.6. The smallest absolute Gasteiger partial charge is 0.159 e. The lowest BCUT2D eigenvalue weighted by molar-refractivity contribution is -0.169. The summed E-state index contributed by atoms with van der Waals surface area (Å²) in [5.41, 5.74) is 1.08. The fourth-order valence-corrected chi connectivity index (χ4v) is 16.8. The zero-order chi connectivity index (χ0) is 38.3. The molecule has 1 saturated heterocycles. The summed E-state index contributed by atoms with van der Waals surface area (Å²) in [5, 5.41) is 59.4. The second-order valence-corrected chi connectivity index (χ2v) is 22.7. The van der Waals surface area contributed by atoms with Gasteiger partial charge in [-0.05, 0) is 129 Å². The normalized spacial score (nSPS) is 46.6. The van der Waals surface area contributed by atoms with Crippen LogP contribution < -0.4 is 0 Å². The summed E-state index contributed by atoms with van der Waals surface area (Å²) in [6.45, 7) is 8.84. The van der Waals surface area contributed by atoms with E-state index < -0.39 is 40.7 Å². The predicted octanol–water partition coefficient (Wildman–Crippen LogP) is 7.46. The maximum Gasteiger partial charge on any atom is 0.159 e. The Balaban J connectivity index is 1.20. The van der Waals surface area contributed by atoms with Crippen molar-refractivity contribution < 1.29 is 30.3 Å². The van der Waals surface area contributed by atoms with Crippen LogP contribution in [-0.4, -0.2) is 82.9 Å². The van der Waals surface area contributed by atoms with Gasteiger partial charge in [-0.25, -0.2) is 4.98 Å². The molecular weight excluding hydrogens is 717 g/mol. The molecule has 7 aliphatic rings. The van der Waals surface area contributed by atoms with E-state index in [1.54, 1.807) is 22.4 Å². The van der Waals surface area contributed by atoms with E-state index in [4.69, 9.17) is 0 Å². The molecule has 54 heavy (non-hydrogen) atoms. The largest absolute Gasteiger partial charge is 0.396 e. The first-order valence-electron chi connectivity index (χ1n) is 21.2. The fourth-order valence-electron chi connectivity index (χ4n) is 14.1. The van der Waals surface area contributed by atoms with Gasteiger partial charge in [0.1, 0.15) is 0 Å². The van der Waals surface area contributed by atoms with E-state index in [9.17, 15) is 30.3 Å². The quantitative estimate of drug-likeness (QED) is 0.153. The molecule has 12 atom stereocenters. The lowest BCUT2D eigenvalue weighted by Gasteiger charge is -2.61. The van der Waals surface area contributed by atoms with Gasteiger partial charge in [0.05, 0.1) is 36.8 Å². The van der Waals surface area contributed by atoms with Crippen molar-refractivity contribution in [3.8, 4) is 0 Å². The van der Waals surface area contributed by atoms with E-state index in [1.807, 2.05) is 23.3 Å². The molecule has 300 valence electrons. The standard InChI is InChI=1S/C44H66N2O6S2/c1-27-32-16-29(44(52)34-18-37(49)35-19-38(50)39(51)22-41(35,4)31(34)9-13-43(32,44)25-47)23-53-54-24-30(46-15-14-45-26-46)21-40(2,3)33(17-36(27)48)28-8-7-12-42(20-28)10-5-6-11-42/h14-15,18,26-27,29-32,35-36,38-39,47-48,50-52H,5-13,16-17,19-25H2,1-4H3/b33-28+/t27-,29+,30+,31-,32+,35-,36+,38+,39-,41+,43-,44+/m0/s1. The van der Waals surface area contributed by atoms with Gasteiger partial charge >= 0.3 is 0 Å². The van der Waals surface area contributed by atoms with Crippen molar-refractivity contribution in [2.45, 2.75) is 154 Å². The molecule has 2 heterocycles. The minimum absolute atomic E-state index is 0.0748. The van der Waals surface area contributed by atoms with Crippen LogP contribution in [0.4, 0.5) is 0 Å². The molecule has 8 nitrogen and oxygen atoms in total. The minimum Gasteiger partial charge on any atom is -0.396 e. The predicted molar refractivity (Wildman–Crippen MR) is 215 cm³/mol. The van der Waals surface area contributed by atoms with Gasteiger partial charge in [0, 0.05) is 47.2 Å². The Morgan fingerprint density at radius 1 is 0.926 bits per heavy atom. The molecule has 1 aromatic heterocycles. The fraction of sp³-hybridized carbons (Fsp3) is 0.818. The number of aliphatic hydroxyl groups is 5. The number of hydrogen-bond acceptors (Lipinski definition) is 9. The van der Waals surface area contributed by atoms with Crippen molar-refractivity contribution in [3.63, 3.8) is 0 Å². The molecule has 0 amide bonds. The third kappa shape index (κ3) is 6.28. The van der Waals surface area contributed by atoms with Gasteiger partial charge in [0.2, 0.25) is 0 Å². The molecule has 6 fully saturated rings. The SMILES string of the molecule is C[C@@H]1[C@H](O)C/C(=C2/CCCC3(CCCC3)C2)C(C)(C)C[C@@H](n2ccnc2)CSSC[C@H]2C[C@H]1[C@@]1(CO)CC[C@H]3C(=CC(=O)[C@@H]4C[C@@H](O)[C@@H](O)C[C@@]43C)[C@]21O. The van der Waals surface area contributed by atoms with Crippen molar-refractivity contribution in [2.24, 2.45) is 51.2 Å². The molecule has 5 N–H and O–H groups in total. The van der Waals surface area contributed by atoms with Crippen LogP contribution in [0.25, 0.3) is 0 Å². The number of ketones is 1. The molecule has 1 aromatic rings. The highest BCUT2D eigenvalue weighted by Crippen LogP contribution is 2.70. The van der Waals surface area contributed by atoms with Crippen molar-refractivity contribution in [2.75, 3.05) is 18.1 Å². The number of imidazole rings is 1. The highest BCUT2D eigenvalue weighted by Gasteiger charge is 2.72. The van der Waals surface area contributed by atoms with Gasteiger partial charge in [-0.3, -0.25) is 4.79 Å². The molecule has 8 rings (SSSR count). The molecule has 1 aliphatic heterocycles. The molecule has 6 aliphatic carbocycles. The molecule has 10 heteroatoms. The van der Waals surface area contributed by atoms with Crippen LogP contribution in [0.2, 0.25) is 0 Å². The number of aromatic nitrogens is 2. The topological polar surface area (TPSA) is 136 Å². The van der Waals surface area contributed by atoms with Gasteiger partial charge in [0.25, 0.3) is 0 Å². The van der Waals surface area contributed by atoms with E-state index in [2.05, 4.69) is 43.4 Å². The van der Waals surface area contributed by atoms with E-state index in [0.717, 1.165) is 30.6 Å². The maximum absolute atomic E-state index is 14.1. The summed E-state index contributed by atoms with van der Waals surface area (Å²) in [4.78, 5) is 18.5. The van der Waals surface area contributed by atoms with Crippen LogP contribution in [0.15, 0.2) is 41.5 Å². The van der Waals surface area contributed by atoms with Gasteiger partial charge in [-0.2, -0.15) is 0 Å². The summed E-state index contributed by atoms with van der Waals surface area (Å²) < 4.78 is 2.26. The summed E-state index contributed by atoms with van der Waals surface area (Å²) >= 11 is 0. The Morgan fingerprint density at radius 3 is 2.39 bits per heavy atom. The number of carbonyl (C=O) groups is 1. The van der Waals surface area contributed by atoms with Crippen LogP contribution in [0.3, 0.4) is 0 Å². The highest BCUT2D eigenvalue weighted by atomic mass is 33.1. The molecule has 5 saturated carbocycles. The zero-order valence-corrected chi connectivity index (χ0v) is 34.7. The van der Waals surface area contributed by atoms with Crippen LogP contribution in [-0.2, 0) is 4.79 Å². The monoisotopic (exact) mass is 782 g/mol. The Bertz CT molecular complexity index is 1620. The second-order valence-electron chi connectivity index (χ2n) is 20.1. The van der Waals surface area contributed by atoms with Gasteiger partial charge in [0.15, 0.2) is 5.78 Å².